The molecule has 3 rings (SSSR count). The average molecular weight is 313 g/mol. The second-order valence-corrected chi connectivity index (χ2v) is 5.83. The third-order valence-electron chi connectivity index (χ3n) is 4.01. The van der Waals surface area contributed by atoms with Gasteiger partial charge in [0.15, 0.2) is 0 Å². The highest BCUT2D eigenvalue weighted by atomic mass is 15.3. The third kappa shape index (κ3) is 3.49. The Balaban J connectivity index is 1.64. The van der Waals surface area contributed by atoms with E-state index in [9.17, 15) is 0 Å². The number of rotatable bonds is 4. The molecule has 7 nitrogen and oxygen atoms in total. The van der Waals surface area contributed by atoms with Gasteiger partial charge in [-0.1, -0.05) is 6.92 Å². The molecular weight excluding hydrogens is 290 g/mol. The first-order valence-electron chi connectivity index (χ1n) is 7.98. The molecule has 1 saturated heterocycles. The molecule has 0 aromatic carbocycles. The van der Waals surface area contributed by atoms with Crippen molar-refractivity contribution >= 4 is 17.7 Å². The zero-order valence-electron chi connectivity index (χ0n) is 14.0. The molecule has 1 fully saturated rings. The predicted octanol–water partition coefficient (Wildman–Crippen LogP) is 1.22. The summed E-state index contributed by atoms with van der Waals surface area (Å²) < 4.78 is 0. The Morgan fingerprint density at radius 1 is 1.00 bits per heavy atom. The zero-order valence-corrected chi connectivity index (χ0v) is 14.0. The molecular formula is C16H23N7. The first-order chi connectivity index (χ1) is 11.2. The highest BCUT2D eigenvalue weighted by molar-refractivity contribution is 5.45. The number of aryl methyl sites for hydroxylation is 1. The quantitative estimate of drug-likeness (QED) is 0.841. The summed E-state index contributed by atoms with van der Waals surface area (Å²) in [7, 11) is 3.91. The Bertz CT molecular complexity index is 633. The van der Waals surface area contributed by atoms with Crippen LogP contribution < -0.4 is 14.7 Å². The Kier molecular flexibility index (Phi) is 4.55. The van der Waals surface area contributed by atoms with Gasteiger partial charge in [0, 0.05) is 58.9 Å². The van der Waals surface area contributed by atoms with Crippen LogP contribution in [0.4, 0.5) is 17.7 Å². The van der Waals surface area contributed by atoms with Crippen LogP contribution in [0.5, 0.6) is 0 Å². The summed E-state index contributed by atoms with van der Waals surface area (Å²) in [5.74, 6) is 2.53. The molecule has 1 aliphatic heterocycles. The highest BCUT2D eigenvalue weighted by Crippen LogP contribution is 2.17. The molecule has 122 valence electrons. The second kappa shape index (κ2) is 6.76. The molecule has 0 atom stereocenters. The van der Waals surface area contributed by atoms with Crippen LogP contribution in [0.15, 0.2) is 24.7 Å². The van der Waals surface area contributed by atoms with Crippen LogP contribution in [0, 0.1) is 0 Å². The lowest BCUT2D eigenvalue weighted by atomic mass is 10.3. The molecule has 0 bridgehead atoms. The molecule has 0 aliphatic carbocycles. The van der Waals surface area contributed by atoms with Crippen molar-refractivity contribution in [2.75, 3.05) is 55.0 Å². The maximum atomic E-state index is 4.61. The summed E-state index contributed by atoms with van der Waals surface area (Å²) in [5.41, 5.74) is 1.17. The molecule has 23 heavy (non-hydrogen) atoms. The Labute approximate surface area is 137 Å². The van der Waals surface area contributed by atoms with Gasteiger partial charge in [0.05, 0.1) is 0 Å². The molecule has 2 aromatic heterocycles. The summed E-state index contributed by atoms with van der Waals surface area (Å²) in [6.45, 7) is 5.71. The van der Waals surface area contributed by atoms with Crippen molar-refractivity contribution in [3.05, 3.63) is 30.2 Å². The topological polar surface area (TPSA) is 61.3 Å². The predicted molar refractivity (Wildman–Crippen MR) is 92.2 cm³/mol. The Morgan fingerprint density at radius 3 is 2.26 bits per heavy atom. The van der Waals surface area contributed by atoms with E-state index in [1.165, 1.54) is 5.56 Å². The minimum Gasteiger partial charge on any atom is -0.353 e. The van der Waals surface area contributed by atoms with E-state index in [2.05, 4.69) is 36.7 Å². The summed E-state index contributed by atoms with van der Waals surface area (Å²) in [6, 6.07) is 1.97. The Morgan fingerprint density at radius 2 is 1.65 bits per heavy atom. The molecule has 0 radical (unpaired) electrons. The smallest absolute Gasteiger partial charge is 0.226 e. The van der Waals surface area contributed by atoms with E-state index in [-0.39, 0.29) is 0 Å². The lowest BCUT2D eigenvalue weighted by Gasteiger charge is -2.35. The van der Waals surface area contributed by atoms with Crippen molar-refractivity contribution in [1.29, 1.82) is 0 Å². The van der Waals surface area contributed by atoms with Gasteiger partial charge in [0.25, 0.3) is 0 Å². The van der Waals surface area contributed by atoms with Crippen molar-refractivity contribution in [1.82, 2.24) is 19.9 Å². The van der Waals surface area contributed by atoms with E-state index >= 15 is 0 Å². The second-order valence-electron chi connectivity index (χ2n) is 5.83. The first-order valence-corrected chi connectivity index (χ1v) is 7.98. The molecule has 0 N–H and O–H groups in total. The van der Waals surface area contributed by atoms with Crippen LogP contribution >= 0.6 is 0 Å². The number of nitrogens with zero attached hydrogens (tertiary/aromatic N) is 7. The van der Waals surface area contributed by atoms with Crippen molar-refractivity contribution in [3.63, 3.8) is 0 Å². The lowest BCUT2D eigenvalue weighted by molar-refractivity contribution is 0.633. The standard InChI is InChI=1S/C16H23N7/c1-4-13-11-18-15(19-12-13)23-9-7-22(8-10-23)14-5-6-17-16(20-14)21(2)3/h5-6,11-12H,4,7-10H2,1-3H3. The molecule has 1 aliphatic rings. The minimum atomic E-state index is 0.739. The summed E-state index contributed by atoms with van der Waals surface area (Å²) in [4.78, 5) is 24.3. The molecule has 0 amide bonds. The number of aromatic nitrogens is 4. The Hall–Kier alpha value is -2.44. The number of piperazine rings is 1. The van der Waals surface area contributed by atoms with E-state index in [0.717, 1.165) is 50.3 Å². The van der Waals surface area contributed by atoms with Gasteiger partial charge in [-0.3, -0.25) is 0 Å². The largest absolute Gasteiger partial charge is 0.353 e. The van der Waals surface area contributed by atoms with Gasteiger partial charge in [-0.2, -0.15) is 4.98 Å². The maximum absolute atomic E-state index is 4.61. The van der Waals surface area contributed by atoms with Crippen LogP contribution in [0.2, 0.25) is 0 Å². The molecule has 2 aromatic rings. The van der Waals surface area contributed by atoms with Crippen LogP contribution in [-0.4, -0.2) is 60.2 Å². The fourth-order valence-electron chi connectivity index (χ4n) is 2.56. The van der Waals surface area contributed by atoms with Crippen molar-refractivity contribution in [3.8, 4) is 0 Å². The first kappa shape index (κ1) is 15.5. The monoisotopic (exact) mass is 313 g/mol. The average Bonchev–Trinajstić information content (AvgIpc) is 2.62. The van der Waals surface area contributed by atoms with Crippen molar-refractivity contribution < 1.29 is 0 Å². The van der Waals surface area contributed by atoms with E-state index in [0.29, 0.717) is 0 Å². The number of hydrogen-bond acceptors (Lipinski definition) is 7. The van der Waals surface area contributed by atoms with Gasteiger partial charge in [-0.25, -0.2) is 15.0 Å². The number of hydrogen-bond donors (Lipinski definition) is 0. The molecule has 0 saturated carbocycles. The molecule has 0 spiro atoms. The van der Waals surface area contributed by atoms with Gasteiger partial charge >= 0.3 is 0 Å². The van der Waals surface area contributed by atoms with Crippen molar-refractivity contribution in [2.24, 2.45) is 0 Å². The van der Waals surface area contributed by atoms with Gasteiger partial charge < -0.3 is 14.7 Å². The maximum Gasteiger partial charge on any atom is 0.226 e. The summed E-state index contributed by atoms with van der Waals surface area (Å²) in [5, 5.41) is 0. The summed E-state index contributed by atoms with van der Waals surface area (Å²) >= 11 is 0. The normalized spacial score (nSPS) is 14.9. The van der Waals surface area contributed by atoms with E-state index in [1.54, 1.807) is 0 Å². The van der Waals surface area contributed by atoms with E-state index in [4.69, 9.17) is 0 Å². The number of anilines is 3. The van der Waals surface area contributed by atoms with E-state index in [1.807, 2.05) is 43.7 Å². The van der Waals surface area contributed by atoms with Gasteiger partial charge in [-0.15, -0.1) is 0 Å². The van der Waals surface area contributed by atoms with Crippen molar-refractivity contribution in [2.45, 2.75) is 13.3 Å². The van der Waals surface area contributed by atoms with E-state index < -0.39 is 0 Å². The van der Waals surface area contributed by atoms with Crippen LogP contribution in [-0.2, 0) is 6.42 Å². The van der Waals surface area contributed by atoms with Gasteiger partial charge in [0.2, 0.25) is 11.9 Å². The molecule has 7 heteroatoms. The third-order valence-corrected chi connectivity index (χ3v) is 4.01. The van der Waals surface area contributed by atoms with Crippen LogP contribution in [0.1, 0.15) is 12.5 Å². The SMILES string of the molecule is CCc1cnc(N2CCN(c3ccnc(N(C)C)n3)CC2)nc1. The molecule has 0 unspecified atom stereocenters. The molecule has 3 heterocycles. The zero-order chi connectivity index (χ0) is 16.2. The fraction of sp³-hybridized carbons (Fsp3) is 0.500. The van der Waals surface area contributed by atoms with Gasteiger partial charge in [-0.05, 0) is 18.1 Å². The van der Waals surface area contributed by atoms with Crippen LogP contribution in [0.3, 0.4) is 0 Å². The lowest BCUT2D eigenvalue weighted by Crippen LogP contribution is -2.47. The highest BCUT2D eigenvalue weighted by Gasteiger charge is 2.20. The summed E-state index contributed by atoms with van der Waals surface area (Å²) in [6.07, 6.45) is 6.62. The fourth-order valence-corrected chi connectivity index (χ4v) is 2.56. The van der Waals surface area contributed by atoms with Crippen LogP contribution in [0.25, 0.3) is 0 Å². The minimum absolute atomic E-state index is 0.739. The van der Waals surface area contributed by atoms with Gasteiger partial charge in [0.1, 0.15) is 5.82 Å².